The van der Waals surface area contributed by atoms with Crippen molar-refractivity contribution in [3.8, 4) is 11.5 Å². The molecule has 172 valence electrons. The molecule has 3 aromatic rings. The Morgan fingerprint density at radius 2 is 1.91 bits per heavy atom. The molecule has 0 aliphatic carbocycles. The number of amides is 1. The van der Waals surface area contributed by atoms with Crippen molar-refractivity contribution in [2.75, 3.05) is 43.2 Å². The van der Waals surface area contributed by atoms with Gasteiger partial charge in [-0.15, -0.1) is 10.2 Å². The average molecular weight is 461 g/mol. The van der Waals surface area contributed by atoms with Crippen molar-refractivity contribution in [1.29, 1.82) is 0 Å². The molecule has 32 heavy (non-hydrogen) atoms. The standard InChI is InChI=1S/C20H28N8O3S/c1-5-21-17-24-18(22-6-2)28-19(25-17)26-27-20(28)32-12-16(29)23-11-13-8-9-14(31-7-3)15(10-13)30-4/h8-10H,5-7,11-12H2,1-4H3,(H,23,29)(H2,21,22,24,25,26). The summed E-state index contributed by atoms with van der Waals surface area (Å²) in [4.78, 5) is 21.2. The SMILES string of the molecule is CCNc1nc(NCC)n2c(SCC(=O)NCc3ccc(OCC)c(OC)c3)nnc2n1. The lowest BCUT2D eigenvalue weighted by molar-refractivity contribution is -0.118. The average Bonchev–Trinajstić information content (AvgIpc) is 3.20. The second-order valence-electron chi connectivity index (χ2n) is 6.53. The molecule has 1 amide bonds. The molecule has 0 unspecified atom stereocenters. The molecule has 0 aliphatic rings. The minimum absolute atomic E-state index is 0.130. The van der Waals surface area contributed by atoms with E-state index in [1.165, 1.54) is 11.8 Å². The highest BCUT2D eigenvalue weighted by atomic mass is 32.2. The topological polar surface area (TPSA) is 128 Å². The van der Waals surface area contributed by atoms with Crippen molar-refractivity contribution in [3.05, 3.63) is 23.8 Å². The van der Waals surface area contributed by atoms with Gasteiger partial charge >= 0.3 is 0 Å². The highest BCUT2D eigenvalue weighted by Gasteiger charge is 2.16. The summed E-state index contributed by atoms with van der Waals surface area (Å²) < 4.78 is 12.6. The Morgan fingerprint density at radius 3 is 2.62 bits per heavy atom. The maximum atomic E-state index is 12.4. The van der Waals surface area contributed by atoms with Gasteiger partial charge < -0.3 is 25.4 Å². The number of ether oxygens (including phenoxy) is 2. The van der Waals surface area contributed by atoms with Crippen LogP contribution in [-0.4, -0.2) is 63.0 Å². The molecule has 0 atom stereocenters. The lowest BCUT2D eigenvalue weighted by Gasteiger charge is -2.11. The molecule has 0 saturated carbocycles. The van der Waals surface area contributed by atoms with Gasteiger partial charge in [0.25, 0.3) is 5.78 Å². The second-order valence-corrected chi connectivity index (χ2v) is 7.48. The van der Waals surface area contributed by atoms with E-state index in [0.717, 1.165) is 5.56 Å². The molecular weight excluding hydrogens is 432 g/mol. The largest absolute Gasteiger partial charge is 0.493 e. The number of benzene rings is 1. The first-order chi connectivity index (χ1) is 15.6. The van der Waals surface area contributed by atoms with E-state index in [-0.39, 0.29) is 11.7 Å². The lowest BCUT2D eigenvalue weighted by atomic mass is 10.2. The van der Waals surface area contributed by atoms with Crippen LogP contribution in [0.5, 0.6) is 11.5 Å². The van der Waals surface area contributed by atoms with Gasteiger partial charge in [0.05, 0.1) is 19.5 Å². The number of methoxy groups -OCH3 is 1. The Bertz CT molecular complexity index is 1060. The molecule has 1 aromatic carbocycles. The van der Waals surface area contributed by atoms with E-state index < -0.39 is 0 Å². The Balaban J connectivity index is 1.63. The summed E-state index contributed by atoms with van der Waals surface area (Å²) in [7, 11) is 1.59. The smallest absolute Gasteiger partial charge is 0.261 e. The molecule has 12 heteroatoms. The van der Waals surface area contributed by atoms with Crippen LogP contribution in [0.25, 0.3) is 5.78 Å². The van der Waals surface area contributed by atoms with Gasteiger partial charge in [0, 0.05) is 19.6 Å². The number of hydrogen-bond acceptors (Lipinski definition) is 10. The van der Waals surface area contributed by atoms with Crippen LogP contribution in [0.1, 0.15) is 26.3 Å². The number of fused-ring (bicyclic) bond motifs is 1. The highest BCUT2D eigenvalue weighted by molar-refractivity contribution is 7.99. The number of carbonyl (C=O) groups excluding carboxylic acids is 1. The van der Waals surface area contributed by atoms with Crippen LogP contribution in [0, 0.1) is 0 Å². The Hall–Kier alpha value is -3.28. The molecule has 0 radical (unpaired) electrons. The fourth-order valence-corrected chi connectivity index (χ4v) is 3.63. The summed E-state index contributed by atoms with van der Waals surface area (Å²) in [5, 5.41) is 18.0. The van der Waals surface area contributed by atoms with Crippen LogP contribution >= 0.6 is 11.8 Å². The summed E-state index contributed by atoms with van der Waals surface area (Å²) in [6.07, 6.45) is 0. The third-order valence-electron chi connectivity index (χ3n) is 4.27. The molecule has 2 heterocycles. The van der Waals surface area contributed by atoms with Crippen molar-refractivity contribution in [2.45, 2.75) is 32.5 Å². The summed E-state index contributed by atoms with van der Waals surface area (Å²) in [6.45, 7) is 8.15. The van der Waals surface area contributed by atoms with Crippen LogP contribution in [0.4, 0.5) is 11.9 Å². The first-order valence-corrected chi connectivity index (χ1v) is 11.4. The Labute approximate surface area is 190 Å². The lowest BCUT2D eigenvalue weighted by Crippen LogP contribution is -2.24. The molecular formula is C20H28N8O3S. The minimum Gasteiger partial charge on any atom is -0.493 e. The van der Waals surface area contributed by atoms with Gasteiger partial charge in [0.1, 0.15) is 0 Å². The molecule has 3 N–H and O–H groups in total. The van der Waals surface area contributed by atoms with E-state index in [1.54, 1.807) is 11.5 Å². The first-order valence-electron chi connectivity index (χ1n) is 10.4. The van der Waals surface area contributed by atoms with Gasteiger partial charge in [-0.2, -0.15) is 9.97 Å². The number of nitrogens with one attached hydrogen (secondary N) is 3. The van der Waals surface area contributed by atoms with Crippen molar-refractivity contribution in [1.82, 2.24) is 29.9 Å². The van der Waals surface area contributed by atoms with E-state index in [2.05, 4.69) is 36.1 Å². The van der Waals surface area contributed by atoms with Gasteiger partial charge in [-0.3, -0.25) is 4.79 Å². The second kappa shape index (κ2) is 11.4. The predicted octanol–water partition coefficient (Wildman–Crippen LogP) is 2.20. The third-order valence-corrected chi connectivity index (χ3v) is 5.19. The molecule has 0 fully saturated rings. The molecule has 0 aliphatic heterocycles. The minimum atomic E-state index is -0.130. The number of thioether (sulfide) groups is 1. The van der Waals surface area contributed by atoms with Crippen molar-refractivity contribution in [3.63, 3.8) is 0 Å². The van der Waals surface area contributed by atoms with Crippen LogP contribution < -0.4 is 25.4 Å². The van der Waals surface area contributed by atoms with E-state index in [0.29, 0.717) is 60.6 Å². The van der Waals surface area contributed by atoms with E-state index in [4.69, 9.17) is 9.47 Å². The number of carbonyl (C=O) groups is 1. The zero-order valence-electron chi connectivity index (χ0n) is 18.6. The first kappa shape index (κ1) is 23.4. The summed E-state index contributed by atoms with van der Waals surface area (Å²) in [5.74, 6) is 2.82. The summed E-state index contributed by atoms with van der Waals surface area (Å²) in [5.41, 5.74) is 0.912. The molecule has 0 bridgehead atoms. The quantitative estimate of drug-likeness (QED) is 0.346. The van der Waals surface area contributed by atoms with Gasteiger partial charge in [0.15, 0.2) is 16.7 Å². The van der Waals surface area contributed by atoms with Crippen LogP contribution in [-0.2, 0) is 11.3 Å². The fourth-order valence-electron chi connectivity index (χ4n) is 2.88. The monoisotopic (exact) mass is 460 g/mol. The van der Waals surface area contributed by atoms with Gasteiger partial charge in [-0.1, -0.05) is 17.8 Å². The number of hydrogen-bond donors (Lipinski definition) is 3. The Morgan fingerprint density at radius 1 is 1.09 bits per heavy atom. The summed E-state index contributed by atoms with van der Waals surface area (Å²) >= 11 is 1.27. The van der Waals surface area contributed by atoms with Crippen molar-refractivity contribution in [2.24, 2.45) is 0 Å². The molecule has 2 aromatic heterocycles. The third kappa shape index (κ3) is 5.69. The molecule has 11 nitrogen and oxygen atoms in total. The van der Waals surface area contributed by atoms with Gasteiger partial charge in [0.2, 0.25) is 17.8 Å². The van der Waals surface area contributed by atoms with Crippen molar-refractivity contribution < 1.29 is 14.3 Å². The van der Waals surface area contributed by atoms with Gasteiger partial charge in [-0.05, 0) is 38.5 Å². The van der Waals surface area contributed by atoms with Crippen molar-refractivity contribution >= 4 is 35.3 Å². The Kier molecular flexibility index (Phi) is 8.31. The zero-order valence-corrected chi connectivity index (χ0v) is 19.5. The van der Waals surface area contributed by atoms with E-state index in [1.807, 2.05) is 39.0 Å². The number of nitrogens with zero attached hydrogens (tertiary/aromatic N) is 5. The fraction of sp³-hybridized carbons (Fsp3) is 0.450. The van der Waals surface area contributed by atoms with Crippen LogP contribution in [0.3, 0.4) is 0 Å². The molecule has 3 rings (SSSR count). The maximum Gasteiger partial charge on any atom is 0.261 e. The van der Waals surface area contributed by atoms with Gasteiger partial charge in [-0.25, -0.2) is 4.40 Å². The number of anilines is 2. The van der Waals surface area contributed by atoms with E-state index in [9.17, 15) is 4.79 Å². The molecule has 0 saturated heterocycles. The number of rotatable bonds is 12. The van der Waals surface area contributed by atoms with Crippen LogP contribution in [0.15, 0.2) is 23.4 Å². The van der Waals surface area contributed by atoms with E-state index >= 15 is 0 Å². The highest BCUT2D eigenvalue weighted by Crippen LogP contribution is 2.28. The summed E-state index contributed by atoms with van der Waals surface area (Å²) in [6, 6.07) is 5.59. The molecule has 0 spiro atoms. The van der Waals surface area contributed by atoms with Crippen LogP contribution in [0.2, 0.25) is 0 Å². The normalized spacial score (nSPS) is 10.8. The predicted molar refractivity (Wildman–Crippen MR) is 124 cm³/mol. The zero-order chi connectivity index (χ0) is 22.9. The maximum absolute atomic E-state index is 12.4. The number of aromatic nitrogens is 5.